The van der Waals surface area contributed by atoms with Crippen molar-refractivity contribution in [2.45, 2.75) is 6.54 Å². The molecule has 2 N–H and O–H groups in total. The first kappa shape index (κ1) is 24.3. The van der Waals surface area contributed by atoms with E-state index in [4.69, 9.17) is 9.40 Å². The van der Waals surface area contributed by atoms with Gasteiger partial charge in [-0.15, -0.1) is 11.3 Å². The van der Waals surface area contributed by atoms with Gasteiger partial charge in [-0.1, -0.05) is 36.4 Å². The number of thiophene rings is 1. The molecule has 192 valence electrons. The molecule has 0 aliphatic heterocycles. The highest BCUT2D eigenvalue weighted by atomic mass is 32.1. The van der Waals surface area contributed by atoms with Crippen molar-refractivity contribution in [3.8, 4) is 10.6 Å². The van der Waals surface area contributed by atoms with E-state index in [0.29, 0.717) is 34.2 Å². The zero-order valence-electron chi connectivity index (χ0n) is 20.6. The van der Waals surface area contributed by atoms with Crippen molar-refractivity contribution in [1.82, 2.24) is 19.5 Å². The molecular formula is C29H22N6O3S. The fraction of sp³-hybridized carbons (Fsp3) is 0.0690. The van der Waals surface area contributed by atoms with Crippen LogP contribution in [0.25, 0.3) is 21.7 Å². The Kier molecular flexibility index (Phi) is 6.67. The third kappa shape index (κ3) is 5.32. The molecule has 4 heterocycles. The van der Waals surface area contributed by atoms with Crippen molar-refractivity contribution in [1.29, 1.82) is 0 Å². The summed E-state index contributed by atoms with van der Waals surface area (Å²) in [6, 6.07) is 24.1. The van der Waals surface area contributed by atoms with E-state index in [1.165, 1.54) is 17.7 Å². The number of oxazole rings is 1. The topological polar surface area (TPSA) is 115 Å². The summed E-state index contributed by atoms with van der Waals surface area (Å²) in [4.78, 5) is 40.2. The van der Waals surface area contributed by atoms with Crippen molar-refractivity contribution in [3.63, 3.8) is 0 Å². The lowest BCUT2D eigenvalue weighted by Gasteiger charge is -2.10. The maximum Gasteiger partial charge on any atom is 0.268 e. The third-order valence-corrected chi connectivity index (χ3v) is 7.17. The Morgan fingerprint density at radius 1 is 0.974 bits per heavy atom. The SMILES string of the molecule is O=C(CNc1ccc2c(c1)nc(NC(=O)c1ccc(-c3cnco3)s1)n2Cc1ccccn1)c1ccccc1. The number of benzene rings is 2. The first-order valence-electron chi connectivity index (χ1n) is 12.2. The first-order chi connectivity index (χ1) is 19.1. The molecule has 0 radical (unpaired) electrons. The molecule has 39 heavy (non-hydrogen) atoms. The Hall–Kier alpha value is -5.09. The lowest BCUT2D eigenvalue weighted by molar-refractivity contribution is 0.100. The summed E-state index contributed by atoms with van der Waals surface area (Å²) in [6.45, 7) is 0.569. The van der Waals surface area contributed by atoms with E-state index in [1.807, 2.05) is 65.2 Å². The van der Waals surface area contributed by atoms with Crippen LogP contribution < -0.4 is 10.6 Å². The molecule has 6 rings (SSSR count). The van der Waals surface area contributed by atoms with E-state index in [0.717, 1.165) is 21.8 Å². The number of fused-ring (bicyclic) bond motifs is 1. The molecule has 4 aromatic heterocycles. The normalized spacial score (nSPS) is 11.0. The van der Waals surface area contributed by atoms with Crippen LogP contribution in [0.5, 0.6) is 0 Å². The molecule has 0 aliphatic carbocycles. The van der Waals surface area contributed by atoms with Crippen molar-refractivity contribution in [2.24, 2.45) is 0 Å². The highest BCUT2D eigenvalue weighted by Gasteiger charge is 2.18. The molecule has 6 aromatic rings. The van der Waals surface area contributed by atoms with Crippen LogP contribution in [0.1, 0.15) is 25.7 Å². The summed E-state index contributed by atoms with van der Waals surface area (Å²) in [7, 11) is 0. The number of imidazole rings is 1. The van der Waals surface area contributed by atoms with Crippen molar-refractivity contribution >= 4 is 45.7 Å². The molecule has 0 bridgehead atoms. The smallest absolute Gasteiger partial charge is 0.268 e. The molecule has 0 aliphatic rings. The molecule has 0 spiro atoms. The molecular weight excluding hydrogens is 512 g/mol. The van der Waals surface area contributed by atoms with Gasteiger partial charge in [0.2, 0.25) is 5.95 Å². The Morgan fingerprint density at radius 3 is 2.64 bits per heavy atom. The van der Waals surface area contributed by atoms with Gasteiger partial charge in [0.15, 0.2) is 17.9 Å². The van der Waals surface area contributed by atoms with Crippen molar-refractivity contribution < 1.29 is 14.0 Å². The number of carbonyl (C=O) groups is 2. The van der Waals surface area contributed by atoms with Crippen LogP contribution in [0, 0.1) is 0 Å². The van der Waals surface area contributed by atoms with Crippen LogP contribution in [0.15, 0.2) is 102 Å². The Bertz CT molecular complexity index is 1740. The number of rotatable bonds is 9. The highest BCUT2D eigenvalue weighted by Crippen LogP contribution is 2.29. The number of hydrogen-bond acceptors (Lipinski definition) is 8. The van der Waals surface area contributed by atoms with Gasteiger partial charge < -0.3 is 14.3 Å². The fourth-order valence-corrected chi connectivity index (χ4v) is 5.00. The molecule has 1 amide bonds. The zero-order valence-corrected chi connectivity index (χ0v) is 21.4. The van der Waals surface area contributed by atoms with E-state index in [-0.39, 0.29) is 18.2 Å². The Balaban J connectivity index is 1.27. The van der Waals surface area contributed by atoms with Crippen LogP contribution in [0.4, 0.5) is 11.6 Å². The summed E-state index contributed by atoms with van der Waals surface area (Å²) in [5, 5.41) is 6.15. The van der Waals surface area contributed by atoms with E-state index < -0.39 is 0 Å². The summed E-state index contributed by atoms with van der Waals surface area (Å²) in [5.74, 6) is 0.708. The minimum Gasteiger partial charge on any atom is -0.443 e. The number of pyridine rings is 1. The third-order valence-electron chi connectivity index (χ3n) is 6.07. The number of nitrogens with one attached hydrogen (secondary N) is 2. The second-order valence-corrected chi connectivity index (χ2v) is 9.76. The van der Waals surface area contributed by atoms with Crippen molar-refractivity contribution in [2.75, 3.05) is 17.2 Å². The number of hydrogen-bond donors (Lipinski definition) is 2. The van der Waals surface area contributed by atoms with Gasteiger partial charge in [-0.05, 0) is 42.5 Å². The van der Waals surface area contributed by atoms with E-state index >= 15 is 0 Å². The van der Waals surface area contributed by atoms with E-state index in [9.17, 15) is 9.59 Å². The average molecular weight is 535 g/mol. The quantitative estimate of drug-likeness (QED) is 0.227. The number of amides is 1. The van der Waals surface area contributed by atoms with Gasteiger partial charge in [-0.3, -0.25) is 19.9 Å². The summed E-state index contributed by atoms with van der Waals surface area (Å²) in [5.41, 5.74) is 3.72. The molecule has 9 nitrogen and oxygen atoms in total. The van der Waals surface area contributed by atoms with E-state index in [2.05, 4.69) is 20.6 Å². The standard InChI is InChI=1S/C29H22N6O3S/c36-24(19-6-2-1-3-7-19)15-32-20-9-10-23-22(14-20)33-29(35(23)17-21-8-4-5-13-31-21)34-28(37)27-12-11-26(39-27)25-16-30-18-38-25/h1-14,16,18,32H,15,17H2,(H,33,34,37). The molecule has 10 heteroatoms. The minimum absolute atomic E-state index is 0.00928. The maximum atomic E-state index is 13.2. The summed E-state index contributed by atoms with van der Waals surface area (Å²) < 4.78 is 7.26. The number of carbonyl (C=O) groups excluding carboxylic acids is 2. The maximum absolute atomic E-state index is 13.2. The van der Waals surface area contributed by atoms with Gasteiger partial charge in [-0.25, -0.2) is 9.97 Å². The Labute approximate surface area is 227 Å². The molecule has 0 unspecified atom stereocenters. The molecule has 0 saturated carbocycles. The Morgan fingerprint density at radius 2 is 1.85 bits per heavy atom. The molecule has 0 fully saturated rings. The number of nitrogens with zero attached hydrogens (tertiary/aromatic N) is 4. The number of Topliss-reactive ketones (excluding diaryl/α,β-unsaturated/α-hetero) is 1. The lowest BCUT2D eigenvalue weighted by atomic mass is 10.1. The van der Waals surface area contributed by atoms with Crippen LogP contribution >= 0.6 is 11.3 Å². The second-order valence-electron chi connectivity index (χ2n) is 8.67. The number of ketones is 1. The molecule has 0 saturated heterocycles. The minimum atomic E-state index is -0.282. The van der Waals surface area contributed by atoms with Crippen LogP contribution in [-0.2, 0) is 6.54 Å². The van der Waals surface area contributed by atoms with Gasteiger partial charge in [0.05, 0.1) is 45.8 Å². The van der Waals surface area contributed by atoms with Crippen LogP contribution in [0.3, 0.4) is 0 Å². The predicted octanol–water partition coefficient (Wildman–Crippen LogP) is 5.74. The first-order valence-corrected chi connectivity index (χ1v) is 13.0. The largest absolute Gasteiger partial charge is 0.443 e. The zero-order chi connectivity index (χ0) is 26.6. The second kappa shape index (κ2) is 10.7. The van der Waals surface area contributed by atoms with Crippen LogP contribution in [-0.4, -0.2) is 37.8 Å². The molecule has 0 atom stereocenters. The molecule has 2 aromatic carbocycles. The summed E-state index contributed by atoms with van der Waals surface area (Å²) in [6.07, 6.45) is 4.70. The number of aromatic nitrogens is 4. The van der Waals surface area contributed by atoms with Gasteiger partial charge in [0, 0.05) is 17.4 Å². The number of anilines is 2. The van der Waals surface area contributed by atoms with Gasteiger partial charge in [0.25, 0.3) is 5.91 Å². The average Bonchev–Trinajstić information content (AvgIpc) is 3.74. The van der Waals surface area contributed by atoms with Gasteiger partial charge in [0.1, 0.15) is 0 Å². The predicted molar refractivity (Wildman–Crippen MR) is 150 cm³/mol. The highest BCUT2D eigenvalue weighted by molar-refractivity contribution is 7.17. The fourth-order valence-electron chi connectivity index (χ4n) is 4.15. The summed E-state index contributed by atoms with van der Waals surface area (Å²) >= 11 is 1.31. The van der Waals surface area contributed by atoms with Gasteiger partial charge in [-0.2, -0.15) is 0 Å². The van der Waals surface area contributed by atoms with E-state index in [1.54, 1.807) is 30.6 Å². The van der Waals surface area contributed by atoms with Gasteiger partial charge >= 0.3 is 0 Å². The van der Waals surface area contributed by atoms with Crippen molar-refractivity contribution in [3.05, 3.63) is 114 Å². The lowest BCUT2D eigenvalue weighted by Crippen LogP contribution is -2.15. The van der Waals surface area contributed by atoms with Crippen LogP contribution in [0.2, 0.25) is 0 Å². The monoisotopic (exact) mass is 534 g/mol.